The van der Waals surface area contributed by atoms with Crippen molar-refractivity contribution in [1.82, 2.24) is 0 Å². The average Bonchev–Trinajstić information content (AvgIpc) is 2.79. The van der Waals surface area contributed by atoms with E-state index in [1.165, 1.54) is 0 Å². The molecule has 0 atom stereocenters. The van der Waals surface area contributed by atoms with Gasteiger partial charge in [0.15, 0.2) is 0 Å². The number of hydrogen-bond acceptors (Lipinski definition) is 4. The lowest BCUT2D eigenvalue weighted by molar-refractivity contribution is -0.211. The topological polar surface area (TPSA) is 44.8 Å². The molecule has 5 heteroatoms. The molecular formula is C12H13ClO4. The number of carbonyl (C=O) groups is 1. The van der Waals surface area contributed by atoms with Crippen molar-refractivity contribution in [3.8, 4) is 0 Å². The molecule has 4 nitrogen and oxygen atoms in total. The average molecular weight is 257 g/mol. The molecule has 0 bridgehead atoms. The summed E-state index contributed by atoms with van der Waals surface area (Å²) >= 11 is 5.90. The molecule has 0 spiro atoms. The molecule has 1 aromatic rings. The largest absolute Gasteiger partial charge is 0.462 e. The van der Waals surface area contributed by atoms with E-state index in [9.17, 15) is 4.79 Å². The van der Waals surface area contributed by atoms with Crippen LogP contribution in [-0.4, -0.2) is 25.8 Å². The van der Waals surface area contributed by atoms with Crippen LogP contribution in [0.2, 0.25) is 5.02 Å². The molecule has 1 fully saturated rings. The molecule has 1 aromatic carbocycles. The Morgan fingerprint density at radius 3 is 2.76 bits per heavy atom. The monoisotopic (exact) mass is 256 g/mol. The van der Waals surface area contributed by atoms with Gasteiger partial charge in [-0.1, -0.05) is 23.7 Å². The molecule has 92 valence electrons. The lowest BCUT2D eigenvalue weighted by Crippen LogP contribution is -2.38. The second kappa shape index (κ2) is 5.04. The summed E-state index contributed by atoms with van der Waals surface area (Å²) in [7, 11) is 0. The van der Waals surface area contributed by atoms with E-state index in [1.54, 1.807) is 31.2 Å². The molecule has 1 aliphatic heterocycles. The van der Waals surface area contributed by atoms with Crippen LogP contribution in [0.4, 0.5) is 0 Å². The third kappa shape index (κ3) is 2.29. The van der Waals surface area contributed by atoms with Crippen LogP contribution in [0.3, 0.4) is 0 Å². The molecule has 1 saturated heterocycles. The third-order valence-electron chi connectivity index (χ3n) is 2.44. The van der Waals surface area contributed by atoms with Crippen molar-refractivity contribution in [3.05, 3.63) is 34.9 Å². The number of benzene rings is 1. The highest BCUT2D eigenvalue weighted by Gasteiger charge is 2.48. The number of carbonyl (C=O) groups excluding carboxylic acids is 1. The highest BCUT2D eigenvalue weighted by atomic mass is 35.5. The minimum Gasteiger partial charge on any atom is -0.462 e. The summed E-state index contributed by atoms with van der Waals surface area (Å²) in [6.45, 7) is 2.71. The minimum absolute atomic E-state index is 0.272. The molecule has 17 heavy (non-hydrogen) atoms. The van der Waals surface area contributed by atoms with E-state index in [0.717, 1.165) is 0 Å². The summed E-state index contributed by atoms with van der Waals surface area (Å²) in [6, 6.07) is 6.83. The predicted molar refractivity (Wildman–Crippen MR) is 61.7 cm³/mol. The van der Waals surface area contributed by atoms with Crippen LogP contribution in [0, 0.1) is 0 Å². The maximum Gasteiger partial charge on any atom is 0.372 e. The standard InChI is InChI=1S/C12H13ClO4/c1-2-15-11(14)12(16-6-7-17-12)9-4-3-5-10(13)8-9/h3-5,8H,2,6-7H2,1H3. The van der Waals surface area contributed by atoms with Crippen molar-refractivity contribution in [2.45, 2.75) is 12.7 Å². The Kier molecular flexibility index (Phi) is 3.66. The van der Waals surface area contributed by atoms with Crippen LogP contribution >= 0.6 is 11.6 Å². The molecule has 1 aliphatic rings. The fourth-order valence-electron chi connectivity index (χ4n) is 1.73. The highest BCUT2D eigenvalue weighted by molar-refractivity contribution is 6.30. The van der Waals surface area contributed by atoms with Gasteiger partial charge in [-0.2, -0.15) is 0 Å². The Balaban J connectivity index is 2.37. The van der Waals surface area contributed by atoms with Crippen LogP contribution < -0.4 is 0 Å². The molecule has 0 N–H and O–H groups in total. The van der Waals surface area contributed by atoms with Crippen LogP contribution in [-0.2, 0) is 24.8 Å². The first kappa shape index (κ1) is 12.4. The number of esters is 1. The number of hydrogen-bond donors (Lipinski definition) is 0. The van der Waals surface area contributed by atoms with Crippen molar-refractivity contribution in [1.29, 1.82) is 0 Å². The summed E-state index contributed by atoms with van der Waals surface area (Å²) in [5.41, 5.74) is 0.556. The zero-order valence-electron chi connectivity index (χ0n) is 9.44. The van der Waals surface area contributed by atoms with Crippen molar-refractivity contribution in [2.24, 2.45) is 0 Å². The summed E-state index contributed by atoms with van der Waals surface area (Å²) in [4.78, 5) is 12.0. The quantitative estimate of drug-likeness (QED) is 0.777. The lowest BCUT2D eigenvalue weighted by Gasteiger charge is -2.25. The molecule has 0 radical (unpaired) electrons. The van der Waals surface area contributed by atoms with Gasteiger partial charge in [0.1, 0.15) is 0 Å². The summed E-state index contributed by atoms with van der Waals surface area (Å²) in [5.74, 6) is -2.00. The highest BCUT2D eigenvalue weighted by Crippen LogP contribution is 2.34. The zero-order valence-corrected chi connectivity index (χ0v) is 10.2. The fourth-order valence-corrected chi connectivity index (χ4v) is 1.92. The lowest BCUT2D eigenvalue weighted by atomic mass is 10.1. The van der Waals surface area contributed by atoms with Crippen molar-refractivity contribution >= 4 is 17.6 Å². The van der Waals surface area contributed by atoms with Gasteiger partial charge in [-0.15, -0.1) is 0 Å². The Morgan fingerprint density at radius 2 is 2.18 bits per heavy atom. The van der Waals surface area contributed by atoms with E-state index in [0.29, 0.717) is 23.8 Å². The molecule has 2 rings (SSSR count). The number of halogens is 1. The molecule has 0 aromatic heterocycles. The van der Waals surface area contributed by atoms with Crippen molar-refractivity contribution in [3.63, 3.8) is 0 Å². The fraction of sp³-hybridized carbons (Fsp3) is 0.417. The molecule has 0 unspecified atom stereocenters. The Hall–Kier alpha value is -1.10. The molecule has 1 heterocycles. The van der Waals surface area contributed by atoms with Gasteiger partial charge in [0.2, 0.25) is 0 Å². The van der Waals surface area contributed by atoms with Crippen molar-refractivity contribution in [2.75, 3.05) is 19.8 Å². The van der Waals surface area contributed by atoms with E-state index in [2.05, 4.69) is 0 Å². The van der Waals surface area contributed by atoms with Gasteiger partial charge < -0.3 is 14.2 Å². The van der Waals surface area contributed by atoms with E-state index < -0.39 is 11.8 Å². The van der Waals surface area contributed by atoms with Crippen LogP contribution in [0.25, 0.3) is 0 Å². The van der Waals surface area contributed by atoms with E-state index in [-0.39, 0.29) is 6.61 Å². The van der Waals surface area contributed by atoms with E-state index in [4.69, 9.17) is 25.8 Å². The first-order valence-corrected chi connectivity index (χ1v) is 5.78. The van der Waals surface area contributed by atoms with Gasteiger partial charge in [-0.3, -0.25) is 0 Å². The first-order chi connectivity index (χ1) is 8.19. The van der Waals surface area contributed by atoms with Gasteiger partial charge in [-0.05, 0) is 19.1 Å². The SMILES string of the molecule is CCOC(=O)C1(c2cccc(Cl)c2)OCCO1. The van der Waals surface area contributed by atoms with E-state index >= 15 is 0 Å². The normalized spacial score (nSPS) is 18.0. The zero-order chi connectivity index (χ0) is 12.3. The molecule has 0 amide bonds. The second-order valence-corrected chi connectivity index (χ2v) is 3.98. The number of rotatable bonds is 3. The Bertz CT molecular complexity index is 413. The maximum absolute atomic E-state index is 12.0. The minimum atomic E-state index is -1.46. The molecule has 0 aliphatic carbocycles. The molecular weight excluding hydrogens is 244 g/mol. The smallest absolute Gasteiger partial charge is 0.372 e. The summed E-state index contributed by atoms with van der Waals surface area (Å²) in [6.07, 6.45) is 0. The van der Waals surface area contributed by atoms with Gasteiger partial charge in [0, 0.05) is 10.6 Å². The third-order valence-corrected chi connectivity index (χ3v) is 2.68. The van der Waals surface area contributed by atoms with Gasteiger partial charge in [0.25, 0.3) is 5.79 Å². The first-order valence-electron chi connectivity index (χ1n) is 5.40. The van der Waals surface area contributed by atoms with Crippen molar-refractivity contribution < 1.29 is 19.0 Å². The van der Waals surface area contributed by atoms with E-state index in [1.807, 2.05) is 0 Å². The number of ether oxygens (including phenoxy) is 3. The second-order valence-electron chi connectivity index (χ2n) is 3.54. The summed E-state index contributed by atoms with van der Waals surface area (Å²) in [5, 5.41) is 0.519. The molecule has 0 saturated carbocycles. The van der Waals surface area contributed by atoms with Gasteiger partial charge >= 0.3 is 5.97 Å². The Morgan fingerprint density at radius 1 is 1.47 bits per heavy atom. The van der Waals surface area contributed by atoms with Gasteiger partial charge in [0.05, 0.1) is 19.8 Å². The predicted octanol–water partition coefficient (Wildman–Crippen LogP) is 2.10. The maximum atomic E-state index is 12.0. The van der Waals surface area contributed by atoms with Crippen LogP contribution in [0.5, 0.6) is 0 Å². The van der Waals surface area contributed by atoms with Crippen LogP contribution in [0.1, 0.15) is 12.5 Å². The van der Waals surface area contributed by atoms with Gasteiger partial charge in [-0.25, -0.2) is 4.79 Å². The van der Waals surface area contributed by atoms with Crippen LogP contribution in [0.15, 0.2) is 24.3 Å². The Labute approximate surface area is 104 Å². The summed E-state index contributed by atoms with van der Waals surface area (Å²) < 4.78 is 15.9.